The summed E-state index contributed by atoms with van der Waals surface area (Å²) in [5.41, 5.74) is 0.921. The van der Waals surface area contributed by atoms with E-state index < -0.39 is 22.3 Å². The van der Waals surface area contributed by atoms with E-state index in [-0.39, 0.29) is 11.8 Å². The van der Waals surface area contributed by atoms with Crippen LogP contribution in [-0.2, 0) is 20.5 Å². The quantitative estimate of drug-likeness (QED) is 0.737. The fourth-order valence-corrected chi connectivity index (χ4v) is 5.77. The highest BCUT2D eigenvalue weighted by atomic mass is 16.6. The van der Waals surface area contributed by atoms with Gasteiger partial charge in [-0.25, -0.2) is 0 Å². The lowest BCUT2D eigenvalue weighted by Gasteiger charge is -2.62. The number of fused-ring (bicyclic) bond motifs is 2. The Kier molecular flexibility index (Phi) is 2.63. The van der Waals surface area contributed by atoms with Crippen LogP contribution in [0.2, 0.25) is 0 Å². The first kappa shape index (κ1) is 15.6. The van der Waals surface area contributed by atoms with Crippen molar-refractivity contribution in [3.63, 3.8) is 0 Å². The summed E-state index contributed by atoms with van der Waals surface area (Å²) in [7, 11) is 1.59. The Hall–Kier alpha value is -2.62. The van der Waals surface area contributed by atoms with Crippen molar-refractivity contribution < 1.29 is 19.1 Å². The highest BCUT2D eigenvalue weighted by Crippen LogP contribution is 2.72. The first-order valence-corrected chi connectivity index (χ1v) is 8.86. The van der Waals surface area contributed by atoms with Gasteiger partial charge in [0.05, 0.1) is 18.4 Å². The van der Waals surface area contributed by atoms with Crippen LogP contribution < -0.4 is 4.74 Å². The average Bonchev–Trinajstić information content (AvgIpc) is 2.82. The van der Waals surface area contributed by atoms with Crippen LogP contribution in [0.5, 0.6) is 5.75 Å². The topological polar surface area (TPSA) is 52.6 Å². The summed E-state index contributed by atoms with van der Waals surface area (Å²) in [5.74, 6) is -0.0830. The maximum atomic E-state index is 13.7. The molecule has 0 aromatic heterocycles. The molecule has 0 saturated carbocycles. The number of carbonyl (C=O) groups is 2. The number of methoxy groups -OCH3 is 1. The number of esters is 1. The minimum absolute atomic E-state index is 0.0170. The molecule has 4 heteroatoms. The SMILES string of the molecule is COc1ccc2c(c1)C(=O)[C@@]1(C)[C@@]3(C)OC(=O)[C@H](c4ccccc43)[C@@]21C. The summed E-state index contributed by atoms with van der Waals surface area (Å²) in [4.78, 5) is 26.7. The molecule has 2 aliphatic carbocycles. The van der Waals surface area contributed by atoms with Crippen molar-refractivity contribution in [1.29, 1.82) is 0 Å². The van der Waals surface area contributed by atoms with Gasteiger partial charge in [0.2, 0.25) is 0 Å². The minimum atomic E-state index is -1.01. The Morgan fingerprint density at radius 1 is 1.00 bits per heavy atom. The molecule has 2 aliphatic heterocycles. The lowest BCUT2D eigenvalue weighted by molar-refractivity contribution is -0.207. The fourth-order valence-electron chi connectivity index (χ4n) is 5.77. The number of benzene rings is 2. The van der Waals surface area contributed by atoms with E-state index in [0.29, 0.717) is 11.3 Å². The van der Waals surface area contributed by atoms with E-state index in [1.54, 1.807) is 13.2 Å². The van der Waals surface area contributed by atoms with Crippen LogP contribution in [0.3, 0.4) is 0 Å². The summed E-state index contributed by atoms with van der Waals surface area (Å²) in [6.45, 7) is 5.89. The number of hydrogen-bond donors (Lipinski definition) is 0. The second-order valence-electron chi connectivity index (χ2n) is 8.04. The summed E-state index contributed by atoms with van der Waals surface area (Å²) < 4.78 is 11.3. The van der Waals surface area contributed by atoms with E-state index in [2.05, 4.69) is 0 Å². The normalized spacial score (nSPS) is 36.2. The largest absolute Gasteiger partial charge is 0.497 e. The van der Waals surface area contributed by atoms with Gasteiger partial charge in [-0.2, -0.15) is 0 Å². The summed E-state index contributed by atoms with van der Waals surface area (Å²) >= 11 is 0. The summed E-state index contributed by atoms with van der Waals surface area (Å²) in [5, 5.41) is 0. The van der Waals surface area contributed by atoms with Gasteiger partial charge in [0.1, 0.15) is 11.4 Å². The number of ketones is 1. The molecule has 2 aromatic rings. The van der Waals surface area contributed by atoms with Gasteiger partial charge in [0, 0.05) is 16.5 Å². The predicted octanol–water partition coefficient (Wildman–Crippen LogP) is 3.72. The second-order valence-corrected chi connectivity index (χ2v) is 8.04. The van der Waals surface area contributed by atoms with Crippen molar-refractivity contribution >= 4 is 11.8 Å². The molecular formula is C22H20O4. The van der Waals surface area contributed by atoms with Crippen LogP contribution >= 0.6 is 0 Å². The molecule has 4 nitrogen and oxygen atoms in total. The van der Waals surface area contributed by atoms with Gasteiger partial charge in [-0.15, -0.1) is 0 Å². The number of Topliss-reactive ketones (excluding diaryl/α,β-unsaturated/α-hetero) is 1. The van der Waals surface area contributed by atoms with Gasteiger partial charge in [0.15, 0.2) is 5.78 Å². The van der Waals surface area contributed by atoms with Crippen molar-refractivity contribution in [3.05, 3.63) is 64.7 Å². The standard InChI is InChI=1S/C22H20O4/c1-20-15-10-9-12(25-4)11-14(15)18(23)21(20,2)22(3)16-8-6-5-7-13(16)17(20)19(24)26-22/h5-11,17H,1-4H3/t17-,20+,21+,22-/m0/s1. The molecular weight excluding hydrogens is 328 g/mol. The maximum absolute atomic E-state index is 13.7. The third-order valence-electron chi connectivity index (χ3n) is 7.38. The molecule has 2 aromatic carbocycles. The molecule has 0 spiro atoms. The lowest BCUT2D eigenvalue weighted by Crippen LogP contribution is -2.68. The van der Waals surface area contributed by atoms with Crippen LogP contribution in [0.15, 0.2) is 42.5 Å². The van der Waals surface area contributed by atoms with Gasteiger partial charge in [-0.05, 0) is 37.1 Å². The number of hydrogen-bond acceptors (Lipinski definition) is 4. The molecule has 2 bridgehead atoms. The van der Waals surface area contributed by atoms with Crippen molar-refractivity contribution in [2.24, 2.45) is 5.41 Å². The van der Waals surface area contributed by atoms with Crippen LogP contribution in [0, 0.1) is 5.41 Å². The van der Waals surface area contributed by atoms with Crippen LogP contribution in [0.4, 0.5) is 0 Å². The zero-order chi connectivity index (χ0) is 18.5. The van der Waals surface area contributed by atoms with Crippen LogP contribution in [0.1, 0.15) is 53.7 Å². The molecule has 132 valence electrons. The summed E-state index contributed by atoms with van der Waals surface area (Å²) in [6, 6.07) is 13.5. The molecule has 4 aliphatic rings. The Morgan fingerprint density at radius 3 is 2.46 bits per heavy atom. The molecule has 4 atom stereocenters. The molecule has 1 fully saturated rings. The average molecular weight is 348 g/mol. The highest BCUT2D eigenvalue weighted by molar-refractivity contribution is 6.11. The van der Waals surface area contributed by atoms with Crippen molar-refractivity contribution in [3.8, 4) is 5.75 Å². The van der Waals surface area contributed by atoms with Crippen molar-refractivity contribution in [2.45, 2.75) is 37.7 Å². The van der Waals surface area contributed by atoms with E-state index in [1.807, 2.05) is 57.2 Å². The second kappa shape index (κ2) is 4.37. The van der Waals surface area contributed by atoms with Crippen molar-refractivity contribution in [1.82, 2.24) is 0 Å². The fraction of sp³-hybridized carbons (Fsp3) is 0.364. The van der Waals surface area contributed by atoms with Crippen LogP contribution in [0.25, 0.3) is 0 Å². The Morgan fingerprint density at radius 2 is 1.73 bits per heavy atom. The predicted molar refractivity (Wildman–Crippen MR) is 95.4 cm³/mol. The van der Waals surface area contributed by atoms with E-state index in [4.69, 9.17) is 9.47 Å². The lowest BCUT2D eigenvalue weighted by atomic mass is 9.44. The third-order valence-corrected chi connectivity index (χ3v) is 7.38. The summed E-state index contributed by atoms with van der Waals surface area (Å²) in [6.07, 6.45) is 0. The number of rotatable bonds is 1. The molecule has 0 radical (unpaired) electrons. The van der Waals surface area contributed by atoms with E-state index in [9.17, 15) is 9.59 Å². The van der Waals surface area contributed by atoms with Gasteiger partial charge in [0.25, 0.3) is 0 Å². The smallest absolute Gasteiger partial charge is 0.315 e. The molecule has 0 N–H and O–H groups in total. The Balaban J connectivity index is 1.91. The van der Waals surface area contributed by atoms with Gasteiger partial charge in [-0.1, -0.05) is 37.3 Å². The highest BCUT2D eigenvalue weighted by Gasteiger charge is 2.77. The zero-order valence-corrected chi connectivity index (χ0v) is 15.3. The third kappa shape index (κ3) is 1.31. The molecule has 0 unspecified atom stereocenters. The van der Waals surface area contributed by atoms with Gasteiger partial charge < -0.3 is 9.47 Å². The minimum Gasteiger partial charge on any atom is -0.497 e. The molecule has 26 heavy (non-hydrogen) atoms. The number of carbonyl (C=O) groups excluding carboxylic acids is 2. The maximum Gasteiger partial charge on any atom is 0.315 e. The molecule has 1 saturated heterocycles. The molecule has 6 rings (SSSR count). The first-order valence-electron chi connectivity index (χ1n) is 8.86. The van der Waals surface area contributed by atoms with Crippen LogP contribution in [-0.4, -0.2) is 18.9 Å². The Labute approximate surface area is 152 Å². The zero-order valence-electron chi connectivity index (χ0n) is 15.3. The van der Waals surface area contributed by atoms with Gasteiger partial charge >= 0.3 is 5.97 Å². The Bertz CT molecular complexity index is 1010. The molecule has 0 amide bonds. The first-order chi connectivity index (χ1) is 12.3. The monoisotopic (exact) mass is 348 g/mol. The van der Waals surface area contributed by atoms with E-state index in [1.165, 1.54) is 0 Å². The molecule has 2 heterocycles. The van der Waals surface area contributed by atoms with E-state index in [0.717, 1.165) is 16.7 Å². The number of ether oxygens (including phenoxy) is 2. The van der Waals surface area contributed by atoms with Gasteiger partial charge in [-0.3, -0.25) is 9.59 Å². The van der Waals surface area contributed by atoms with Crippen molar-refractivity contribution in [2.75, 3.05) is 7.11 Å². The van der Waals surface area contributed by atoms with E-state index >= 15 is 0 Å².